The van der Waals surface area contributed by atoms with Crippen LogP contribution < -0.4 is 5.56 Å². The Morgan fingerprint density at radius 1 is 0.815 bits per heavy atom. The van der Waals surface area contributed by atoms with Crippen molar-refractivity contribution in [3.05, 3.63) is 75.7 Å². The van der Waals surface area contributed by atoms with Gasteiger partial charge in [0.05, 0.1) is 17.1 Å². The van der Waals surface area contributed by atoms with Gasteiger partial charge in [0.15, 0.2) is 5.69 Å². The highest BCUT2D eigenvalue weighted by molar-refractivity contribution is 5.45. The Labute approximate surface area is 159 Å². The van der Waals surface area contributed by atoms with Gasteiger partial charge in [0.1, 0.15) is 0 Å². The van der Waals surface area contributed by atoms with Crippen molar-refractivity contribution in [1.82, 2.24) is 9.78 Å². The molecule has 3 rings (SSSR count). The summed E-state index contributed by atoms with van der Waals surface area (Å²) in [4.78, 5) is 12.8. The number of aromatic nitrogens is 2. The fourth-order valence-electron chi connectivity index (χ4n) is 2.88. The van der Waals surface area contributed by atoms with Crippen LogP contribution in [0.5, 0.6) is 0 Å². The van der Waals surface area contributed by atoms with Crippen LogP contribution in [0.3, 0.4) is 0 Å². The average molecular weight is 362 g/mol. The van der Waals surface area contributed by atoms with Crippen molar-refractivity contribution >= 4 is 11.4 Å². The quantitative estimate of drug-likeness (QED) is 0.545. The zero-order chi connectivity index (χ0) is 19.6. The highest BCUT2D eigenvalue weighted by atomic mass is 16.1. The zero-order valence-electron chi connectivity index (χ0n) is 16.5. The summed E-state index contributed by atoms with van der Waals surface area (Å²) in [5.41, 5.74) is 4.82. The molecule has 5 heteroatoms. The van der Waals surface area contributed by atoms with E-state index in [1.54, 1.807) is 0 Å². The number of aromatic amines is 1. The third-order valence-electron chi connectivity index (χ3n) is 4.68. The third-order valence-corrected chi connectivity index (χ3v) is 4.68. The maximum absolute atomic E-state index is 12.8. The van der Waals surface area contributed by atoms with E-state index in [4.69, 9.17) is 0 Å². The molecule has 0 unspecified atom stereocenters. The van der Waals surface area contributed by atoms with E-state index in [-0.39, 0.29) is 5.56 Å². The first-order chi connectivity index (χ1) is 12.9. The first-order valence-corrected chi connectivity index (χ1v) is 9.30. The molecular formula is C22H26N4O. The number of aryl methyl sites for hydroxylation is 1. The molecule has 0 radical (unpaired) electrons. The molecule has 0 saturated carbocycles. The number of rotatable bonds is 5. The molecular weight excluding hydrogens is 336 g/mol. The molecule has 1 N–H and O–H groups in total. The van der Waals surface area contributed by atoms with Gasteiger partial charge in [-0.15, -0.1) is 5.11 Å². The minimum absolute atomic E-state index is 0.202. The van der Waals surface area contributed by atoms with Crippen molar-refractivity contribution in [1.29, 1.82) is 0 Å². The molecule has 2 aromatic carbocycles. The van der Waals surface area contributed by atoms with Crippen LogP contribution in [0.25, 0.3) is 5.69 Å². The topological polar surface area (TPSA) is 62.5 Å². The second-order valence-corrected chi connectivity index (χ2v) is 7.42. The molecule has 0 saturated heterocycles. The fourth-order valence-corrected chi connectivity index (χ4v) is 2.88. The predicted molar refractivity (Wildman–Crippen MR) is 110 cm³/mol. The summed E-state index contributed by atoms with van der Waals surface area (Å²) in [6.07, 6.45) is 0. The van der Waals surface area contributed by atoms with Gasteiger partial charge in [-0.25, -0.2) is 4.68 Å². The summed E-state index contributed by atoms with van der Waals surface area (Å²) in [6.45, 7) is 10.4. The molecule has 0 aliphatic heterocycles. The van der Waals surface area contributed by atoms with Crippen LogP contribution in [0.15, 0.2) is 63.6 Å². The summed E-state index contributed by atoms with van der Waals surface area (Å²) < 4.78 is 1.51. The molecule has 0 atom stereocenters. The van der Waals surface area contributed by atoms with E-state index in [0.717, 1.165) is 11.4 Å². The van der Waals surface area contributed by atoms with Gasteiger partial charge in [0.25, 0.3) is 5.56 Å². The van der Waals surface area contributed by atoms with Gasteiger partial charge in [0, 0.05) is 0 Å². The van der Waals surface area contributed by atoms with Gasteiger partial charge in [-0.1, -0.05) is 52.0 Å². The standard InChI is InChI=1S/C22H26N4O/c1-14(2)17-6-10-19(11-7-17)23-24-21-16(5)25-26(22(21)27)20-12-8-18(9-13-20)15(3)4/h6-15,25H,1-5H3. The van der Waals surface area contributed by atoms with Crippen LogP contribution >= 0.6 is 0 Å². The Morgan fingerprint density at radius 2 is 1.33 bits per heavy atom. The molecule has 0 fully saturated rings. The normalized spacial score (nSPS) is 11.8. The molecule has 3 aromatic rings. The number of H-pyrrole nitrogens is 1. The summed E-state index contributed by atoms with van der Waals surface area (Å²) in [7, 11) is 0. The number of nitrogens with one attached hydrogen (secondary N) is 1. The van der Waals surface area contributed by atoms with Crippen molar-refractivity contribution < 1.29 is 0 Å². The Hall–Kier alpha value is -2.95. The highest BCUT2D eigenvalue weighted by Gasteiger charge is 2.12. The smallest absolute Gasteiger partial charge is 0.293 e. The zero-order valence-corrected chi connectivity index (χ0v) is 16.5. The van der Waals surface area contributed by atoms with Crippen molar-refractivity contribution in [2.45, 2.75) is 46.5 Å². The Balaban J connectivity index is 1.88. The largest absolute Gasteiger partial charge is 0.299 e. The van der Waals surface area contributed by atoms with E-state index in [9.17, 15) is 4.79 Å². The lowest BCUT2D eigenvalue weighted by atomic mass is 10.0. The molecule has 0 aliphatic rings. The number of benzene rings is 2. The predicted octanol–water partition coefficient (Wildman–Crippen LogP) is 6.14. The molecule has 5 nitrogen and oxygen atoms in total. The molecule has 27 heavy (non-hydrogen) atoms. The molecule has 0 bridgehead atoms. The van der Waals surface area contributed by atoms with Crippen molar-refractivity contribution in [3.8, 4) is 5.69 Å². The van der Waals surface area contributed by atoms with Gasteiger partial charge in [-0.05, 0) is 54.2 Å². The number of hydrogen-bond donors (Lipinski definition) is 1. The van der Waals surface area contributed by atoms with Crippen molar-refractivity contribution in [2.24, 2.45) is 10.2 Å². The van der Waals surface area contributed by atoms with E-state index >= 15 is 0 Å². The number of nitrogens with zero attached hydrogens (tertiary/aromatic N) is 3. The van der Waals surface area contributed by atoms with Crippen molar-refractivity contribution in [2.75, 3.05) is 0 Å². The Kier molecular flexibility index (Phi) is 5.40. The fraction of sp³-hybridized carbons (Fsp3) is 0.318. The van der Waals surface area contributed by atoms with E-state index < -0.39 is 0 Å². The summed E-state index contributed by atoms with van der Waals surface area (Å²) in [6, 6.07) is 15.9. The second kappa shape index (κ2) is 7.74. The Bertz CT molecular complexity index is 990. The lowest BCUT2D eigenvalue weighted by molar-refractivity contribution is 0.827. The first-order valence-electron chi connectivity index (χ1n) is 9.30. The minimum atomic E-state index is -0.202. The van der Waals surface area contributed by atoms with Crippen LogP contribution in [-0.4, -0.2) is 9.78 Å². The third kappa shape index (κ3) is 4.08. The van der Waals surface area contributed by atoms with Gasteiger partial charge >= 0.3 is 0 Å². The lowest BCUT2D eigenvalue weighted by Crippen LogP contribution is -2.14. The minimum Gasteiger partial charge on any atom is -0.293 e. The van der Waals surface area contributed by atoms with Gasteiger partial charge in [-0.2, -0.15) is 5.11 Å². The summed E-state index contributed by atoms with van der Waals surface area (Å²) in [5, 5.41) is 11.5. The average Bonchev–Trinajstić information content (AvgIpc) is 2.94. The van der Waals surface area contributed by atoms with Crippen molar-refractivity contribution in [3.63, 3.8) is 0 Å². The molecule has 0 aliphatic carbocycles. The Morgan fingerprint density at radius 3 is 1.85 bits per heavy atom. The van der Waals surface area contributed by atoms with E-state index in [0.29, 0.717) is 23.2 Å². The summed E-state index contributed by atoms with van der Waals surface area (Å²) >= 11 is 0. The maximum Gasteiger partial charge on any atom is 0.299 e. The molecule has 0 amide bonds. The number of azo groups is 1. The van der Waals surface area contributed by atoms with Crippen LogP contribution in [-0.2, 0) is 0 Å². The lowest BCUT2D eigenvalue weighted by Gasteiger charge is -2.06. The van der Waals surface area contributed by atoms with Crippen LogP contribution in [0, 0.1) is 6.92 Å². The first kappa shape index (κ1) is 18.8. The van der Waals surface area contributed by atoms with Gasteiger partial charge < -0.3 is 0 Å². The van der Waals surface area contributed by atoms with Gasteiger partial charge in [-0.3, -0.25) is 9.89 Å². The molecule has 1 aromatic heterocycles. The van der Waals surface area contributed by atoms with Crippen LogP contribution in [0.4, 0.5) is 11.4 Å². The monoisotopic (exact) mass is 362 g/mol. The van der Waals surface area contributed by atoms with E-state index in [1.165, 1.54) is 15.8 Å². The van der Waals surface area contributed by atoms with Gasteiger partial charge in [0.2, 0.25) is 0 Å². The summed E-state index contributed by atoms with van der Waals surface area (Å²) in [5.74, 6) is 0.921. The molecule has 0 spiro atoms. The highest BCUT2D eigenvalue weighted by Crippen LogP contribution is 2.22. The van der Waals surface area contributed by atoms with Crippen LogP contribution in [0.2, 0.25) is 0 Å². The van der Waals surface area contributed by atoms with Crippen LogP contribution in [0.1, 0.15) is 56.4 Å². The second-order valence-electron chi connectivity index (χ2n) is 7.42. The maximum atomic E-state index is 12.8. The number of hydrogen-bond acceptors (Lipinski definition) is 3. The van der Waals surface area contributed by atoms with E-state index in [2.05, 4.69) is 43.0 Å². The SMILES string of the molecule is Cc1[nH]n(-c2ccc(C(C)C)cc2)c(=O)c1N=Nc1ccc(C(C)C)cc1. The van der Waals surface area contributed by atoms with E-state index in [1.807, 2.05) is 55.5 Å². The molecule has 1 heterocycles. The molecule has 140 valence electrons.